The van der Waals surface area contributed by atoms with Gasteiger partial charge in [-0.2, -0.15) is 0 Å². The second kappa shape index (κ2) is 6.46. The molecular formula is C16H20ClN5OS. The van der Waals surface area contributed by atoms with Crippen molar-refractivity contribution in [2.24, 2.45) is 0 Å². The van der Waals surface area contributed by atoms with E-state index in [2.05, 4.69) is 27.2 Å². The summed E-state index contributed by atoms with van der Waals surface area (Å²) < 4.78 is 0. The van der Waals surface area contributed by atoms with Gasteiger partial charge in [0, 0.05) is 43.5 Å². The van der Waals surface area contributed by atoms with E-state index in [1.54, 1.807) is 11.3 Å². The summed E-state index contributed by atoms with van der Waals surface area (Å²) in [5.41, 5.74) is 1.27. The number of hydrogen-bond acceptors (Lipinski definition) is 5. The van der Waals surface area contributed by atoms with Crippen molar-refractivity contribution in [1.82, 2.24) is 25.1 Å². The summed E-state index contributed by atoms with van der Waals surface area (Å²) >= 11 is 7.92. The average Bonchev–Trinajstić information content (AvgIpc) is 2.94. The topological polar surface area (TPSA) is 61.4 Å². The van der Waals surface area contributed by atoms with Gasteiger partial charge in [-0.1, -0.05) is 11.6 Å². The summed E-state index contributed by atoms with van der Waals surface area (Å²) in [7, 11) is 2.09. The standard InChI is InChI=1S/C16H20ClN5OS/c1-21-4-6-22(7-5-21)16(23)20-10-2-3-11-12(8-10)24-15-13(11)14(17)18-9-19-15/h9-10H,2-8H2,1H3,(H,20,23). The molecule has 1 fully saturated rings. The summed E-state index contributed by atoms with van der Waals surface area (Å²) in [6.07, 6.45) is 4.21. The van der Waals surface area contributed by atoms with Gasteiger partial charge in [0.25, 0.3) is 0 Å². The lowest BCUT2D eigenvalue weighted by atomic mass is 9.93. The van der Waals surface area contributed by atoms with E-state index >= 15 is 0 Å². The van der Waals surface area contributed by atoms with Crippen molar-refractivity contribution in [3.8, 4) is 0 Å². The molecule has 0 radical (unpaired) electrons. The first-order valence-corrected chi connectivity index (χ1v) is 9.46. The van der Waals surface area contributed by atoms with E-state index in [0.717, 1.165) is 55.7 Å². The van der Waals surface area contributed by atoms with E-state index in [4.69, 9.17) is 11.6 Å². The molecule has 1 unspecified atom stereocenters. The first kappa shape index (κ1) is 16.1. The van der Waals surface area contributed by atoms with Crippen LogP contribution < -0.4 is 5.32 Å². The second-order valence-corrected chi connectivity index (χ2v) is 7.97. The van der Waals surface area contributed by atoms with Crippen LogP contribution in [-0.2, 0) is 12.8 Å². The number of halogens is 1. The largest absolute Gasteiger partial charge is 0.335 e. The number of aryl methyl sites for hydroxylation is 1. The van der Waals surface area contributed by atoms with Crippen LogP contribution in [0.15, 0.2) is 6.33 Å². The average molecular weight is 366 g/mol. The number of fused-ring (bicyclic) bond motifs is 3. The number of nitrogens with one attached hydrogen (secondary N) is 1. The fourth-order valence-electron chi connectivity index (χ4n) is 3.47. The number of amides is 2. The number of thiophene rings is 1. The van der Waals surface area contributed by atoms with Crippen molar-refractivity contribution in [3.63, 3.8) is 0 Å². The van der Waals surface area contributed by atoms with E-state index in [-0.39, 0.29) is 12.1 Å². The highest BCUT2D eigenvalue weighted by molar-refractivity contribution is 7.19. The molecule has 0 spiro atoms. The molecule has 1 atom stereocenters. The number of urea groups is 1. The van der Waals surface area contributed by atoms with Crippen molar-refractivity contribution in [3.05, 3.63) is 21.9 Å². The Bertz CT molecular complexity index is 771. The number of likely N-dealkylation sites (N-methyl/N-ethyl adjacent to an activating group) is 1. The number of nitrogens with zero attached hydrogens (tertiary/aromatic N) is 4. The monoisotopic (exact) mass is 365 g/mol. The van der Waals surface area contributed by atoms with E-state index in [1.807, 2.05) is 4.90 Å². The van der Waals surface area contributed by atoms with Crippen LogP contribution in [0.1, 0.15) is 16.9 Å². The van der Waals surface area contributed by atoms with Crippen LogP contribution in [0.3, 0.4) is 0 Å². The molecule has 1 saturated heterocycles. The molecule has 8 heteroatoms. The Balaban J connectivity index is 1.46. The number of hydrogen-bond donors (Lipinski definition) is 1. The molecule has 2 aliphatic rings. The molecular weight excluding hydrogens is 346 g/mol. The van der Waals surface area contributed by atoms with Gasteiger partial charge in [-0.05, 0) is 25.5 Å². The van der Waals surface area contributed by atoms with E-state index in [9.17, 15) is 4.79 Å². The third-order valence-electron chi connectivity index (χ3n) is 4.92. The number of aromatic nitrogens is 2. The number of carbonyl (C=O) groups excluding carboxylic acids is 1. The zero-order valence-electron chi connectivity index (χ0n) is 13.6. The second-order valence-electron chi connectivity index (χ2n) is 6.53. The molecule has 1 aliphatic heterocycles. The highest BCUT2D eigenvalue weighted by Gasteiger charge is 2.27. The normalized spacial score (nSPS) is 21.8. The van der Waals surface area contributed by atoms with E-state index in [0.29, 0.717) is 5.15 Å². The lowest BCUT2D eigenvalue weighted by Gasteiger charge is -2.34. The molecule has 3 heterocycles. The highest BCUT2D eigenvalue weighted by atomic mass is 35.5. The highest BCUT2D eigenvalue weighted by Crippen LogP contribution is 2.37. The molecule has 4 rings (SSSR count). The van der Waals surface area contributed by atoms with Crippen LogP contribution >= 0.6 is 22.9 Å². The van der Waals surface area contributed by atoms with Gasteiger partial charge >= 0.3 is 6.03 Å². The van der Waals surface area contributed by atoms with Crippen LogP contribution in [0.2, 0.25) is 5.15 Å². The Morgan fingerprint density at radius 2 is 2.12 bits per heavy atom. The maximum atomic E-state index is 12.5. The minimum Gasteiger partial charge on any atom is -0.335 e. The number of carbonyl (C=O) groups is 1. The molecule has 2 amide bonds. The zero-order valence-corrected chi connectivity index (χ0v) is 15.2. The van der Waals surface area contributed by atoms with E-state index in [1.165, 1.54) is 16.8 Å². The molecule has 24 heavy (non-hydrogen) atoms. The van der Waals surface area contributed by atoms with Crippen molar-refractivity contribution in [1.29, 1.82) is 0 Å². The number of rotatable bonds is 1. The van der Waals surface area contributed by atoms with E-state index < -0.39 is 0 Å². The van der Waals surface area contributed by atoms with Gasteiger partial charge in [0.2, 0.25) is 0 Å². The molecule has 1 N–H and O–H groups in total. The molecule has 0 aromatic carbocycles. The third-order valence-corrected chi connectivity index (χ3v) is 6.37. The molecule has 6 nitrogen and oxygen atoms in total. The quantitative estimate of drug-likeness (QED) is 0.787. The van der Waals surface area contributed by atoms with Gasteiger partial charge in [0.15, 0.2) is 0 Å². The summed E-state index contributed by atoms with van der Waals surface area (Å²) in [4.78, 5) is 27.3. The predicted octanol–water partition coefficient (Wildman–Crippen LogP) is 2.16. The van der Waals surface area contributed by atoms with Crippen molar-refractivity contribution < 1.29 is 4.79 Å². The SMILES string of the molecule is CN1CCN(C(=O)NC2CCc3c(sc4ncnc(Cl)c34)C2)CC1. The molecule has 0 saturated carbocycles. The fourth-order valence-corrected chi connectivity index (χ4v) is 5.04. The van der Waals surface area contributed by atoms with Gasteiger partial charge in [-0.15, -0.1) is 11.3 Å². The van der Waals surface area contributed by atoms with Gasteiger partial charge in [0.05, 0.1) is 5.39 Å². The predicted molar refractivity (Wildman–Crippen MR) is 95.8 cm³/mol. The lowest BCUT2D eigenvalue weighted by molar-refractivity contribution is 0.151. The molecule has 1 aliphatic carbocycles. The minimum absolute atomic E-state index is 0.0653. The maximum absolute atomic E-state index is 12.5. The molecule has 128 valence electrons. The molecule has 0 bridgehead atoms. The van der Waals surface area contributed by atoms with Crippen LogP contribution in [0, 0.1) is 0 Å². The van der Waals surface area contributed by atoms with Crippen molar-refractivity contribution in [2.45, 2.75) is 25.3 Å². The summed E-state index contributed by atoms with van der Waals surface area (Å²) in [5, 5.41) is 4.75. The smallest absolute Gasteiger partial charge is 0.317 e. The van der Waals surface area contributed by atoms with Crippen LogP contribution in [0.25, 0.3) is 10.2 Å². The zero-order chi connectivity index (χ0) is 16.7. The van der Waals surface area contributed by atoms with Crippen molar-refractivity contribution in [2.75, 3.05) is 33.2 Å². The van der Waals surface area contributed by atoms with Crippen molar-refractivity contribution >= 4 is 39.2 Å². The Kier molecular flexibility index (Phi) is 4.32. The Hall–Kier alpha value is -1.44. The fraction of sp³-hybridized carbons (Fsp3) is 0.562. The van der Waals surface area contributed by atoms with Crippen LogP contribution in [0.4, 0.5) is 4.79 Å². The summed E-state index contributed by atoms with van der Waals surface area (Å²) in [5.74, 6) is 0. The molecule has 2 aromatic heterocycles. The first-order chi connectivity index (χ1) is 11.6. The number of piperazine rings is 1. The van der Waals surface area contributed by atoms with Gasteiger partial charge in [0.1, 0.15) is 16.3 Å². The minimum atomic E-state index is 0.0653. The Labute approximate surface area is 149 Å². The Morgan fingerprint density at radius 3 is 2.92 bits per heavy atom. The summed E-state index contributed by atoms with van der Waals surface area (Å²) in [6.45, 7) is 3.48. The van der Waals surface area contributed by atoms with Gasteiger partial charge < -0.3 is 15.1 Å². The summed E-state index contributed by atoms with van der Waals surface area (Å²) in [6, 6.07) is 0.250. The van der Waals surface area contributed by atoms with Crippen LogP contribution in [0.5, 0.6) is 0 Å². The molecule has 2 aromatic rings. The first-order valence-electron chi connectivity index (χ1n) is 8.26. The van der Waals surface area contributed by atoms with Gasteiger partial charge in [-0.25, -0.2) is 14.8 Å². The maximum Gasteiger partial charge on any atom is 0.317 e. The van der Waals surface area contributed by atoms with Crippen LogP contribution in [-0.4, -0.2) is 65.1 Å². The lowest BCUT2D eigenvalue weighted by Crippen LogP contribution is -2.53. The Morgan fingerprint density at radius 1 is 1.33 bits per heavy atom. The van der Waals surface area contributed by atoms with Gasteiger partial charge in [-0.3, -0.25) is 0 Å². The third kappa shape index (κ3) is 2.96.